The lowest BCUT2D eigenvalue weighted by atomic mass is 10.1. The zero-order valence-corrected chi connectivity index (χ0v) is 13.3. The number of ether oxygens (including phenoxy) is 1. The van der Waals surface area contributed by atoms with E-state index in [2.05, 4.69) is 5.32 Å². The molecule has 0 radical (unpaired) electrons. The first-order valence-electron chi connectivity index (χ1n) is 7.11. The second-order valence-electron chi connectivity index (χ2n) is 5.26. The molecule has 1 aliphatic heterocycles. The van der Waals surface area contributed by atoms with Crippen LogP contribution in [0.1, 0.15) is 11.1 Å². The number of fused-ring (bicyclic) bond motifs is 1. The van der Waals surface area contributed by atoms with Gasteiger partial charge >= 0.3 is 6.03 Å². The Morgan fingerprint density at radius 1 is 1.13 bits per heavy atom. The summed E-state index contributed by atoms with van der Waals surface area (Å²) in [5.41, 5.74) is 2.38. The highest BCUT2D eigenvalue weighted by Crippen LogP contribution is 2.33. The van der Waals surface area contributed by atoms with Crippen LogP contribution in [0.15, 0.2) is 47.4 Å². The maximum atomic E-state index is 12.2. The van der Waals surface area contributed by atoms with E-state index < -0.39 is 16.1 Å². The molecule has 1 heterocycles. The molecule has 3 rings (SSSR count). The average Bonchev–Trinajstić information content (AvgIpc) is 2.96. The van der Waals surface area contributed by atoms with E-state index >= 15 is 0 Å². The molecule has 0 fully saturated rings. The minimum atomic E-state index is -3.91. The molecular weight excluding hydrogens is 316 g/mol. The quantitative estimate of drug-likeness (QED) is 0.904. The predicted molar refractivity (Wildman–Crippen MR) is 86.2 cm³/mol. The summed E-state index contributed by atoms with van der Waals surface area (Å²) in [4.78, 5) is 12.0. The lowest BCUT2D eigenvalue weighted by Gasteiger charge is -2.11. The largest absolute Gasteiger partial charge is 0.491 e. The van der Waals surface area contributed by atoms with Crippen molar-refractivity contribution in [2.45, 2.75) is 18.2 Å². The van der Waals surface area contributed by atoms with Gasteiger partial charge in [-0.3, -0.25) is 0 Å². The lowest BCUT2D eigenvalue weighted by Crippen LogP contribution is -2.34. The van der Waals surface area contributed by atoms with Crippen molar-refractivity contribution in [3.05, 3.63) is 53.6 Å². The number of carbonyl (C=O) groups excluding carboxylic acids is 1. The molecule has 0 saturated carbocycles. The van der Waals surface area contributed by atoms with Gasteiger partial charge in [0.05, 0.1) is 17.2 Å². The van der Waals surface area contributed by atoms with Gasteiger partial charge in [-0.15, -0.1) is 0 Å². The fraction of sp³-hybridized carbons (Fsp3) is 0.188. The monoisotopic (exact) mass is 332 g/mol. The molecule has 2 aromatic rings. The van der Waals surface area contributed by atoms with Crippen LogP contribution in [0.4, 0.5) is 10.5 Å². The predicted octanol–water partition coefficient (Wildman–Crippen LogP) is 2.44. The van der Waals surface area contributed by atoms with Crippen molar-refractivity contribution < 1.29 is 17.9 Å². The van der Waals surface area contributed by atoms with Gasteiger partial charge in [-0.25, -0.2) is 17.9 Å². The van der Waals surface area contributed by atoms with Gasteiger partial charge in [-0.05, 0) is 30.7 Å². The number of carbonyl (C=O) groups is 1. The topological polar surface area (TPSA) is 84.5 Å². The van der Waals surface area contributed by atoms with Crippen LogP contribution in [0, 0.1) is 6.92 Å². The highest BCUT2D eigenvalue weighted by molar-refractivity contribution is 7.90. The summed E-state index contributed by atoms with van der Waals surface area (Å²) >= 11 is 0. The number of rotatable bonds is 3. The Balaban J connectivity index is 1.75. The Morgan fingerprint density at radius 2 is 1.87 bits per heavy atom. The minimum Gasteiger partial charge on any atom is -0.491 e. The normalized spacial score (nSPS) is 13.1. The summed E-state index contributed by atoms with van der Waals surface area (Å²) in [5.74, 6) is 0.593. The summed E-state index contributed by atoms with van der Waals surface area (Å²) in [5, 5.41) is 2.53. The molecule has 0 atom stereocenters. The zero-order valence-electron chi connectivity index (χ0n) is 12.5. The van der Waals surface area contributed by atoms with E-state index in [1.165, 1.54) is 12.1 Å². The summed E-state index contributed by atoms with van der Waals surface area (Å²) in [7, 11) is -3.91. The molecule has 120 valence electrons. The highest BCUT2D eigenvalue weighted by Gasteiger charge is 2.20. The molecule has 2 N–H and O–H groups in total. The van der Waals surface area contributed by atoms with Gasteiger partial charge in [0.15, 0.2) is 0 Å². The van der Waals surface area contributed by atoms with E-state index in [-0.39, 0.29) is 4.90 Å². The molecule has 0 unspecified atom stereocenters. The van der Waals surface area contributed by atoms with E-state index in [9.17, 15) is 13.2 Å². The third-order valence-corrected chi connectivity index (χ3v) is 4.87. The Labute approximate surface area is 134 Å². The third kappa shape index (κ3) is 3.29. The van der Waals surface area contributed by atoms with E-state index in [0.29, 0.717) is 18.0 Å². The Bertz CT molecular complexity index is 845. The molecule has 0 spiro atoms. The van der Waals surface area contributed by atoms with E-state index in [0.717, 1.165) is 17.5 Å². The minimum absolute atomic E-state index is 0.0350. The molecule has 0 aliphatic carbocycles. The molecule has 7 heteroatoms. The van der Waals surface area contributed by atoms with Crippen LogP contribution in [0.2, 0.25) is 0 Å². The number of aryl methyl sites for hydroxylation is 1. The molecular formula is C16H16N2O4S. The second-order valence-corrected chi connectivity index (χ2v) is 6.95. The van der Waals surface area contributed by atoms with Gasteiger partial charge in [0.2, 0.25) is 0 Å². The standard InChI is InChI=1S/C16H16N2O4S/c1-11-5-7-13(8-6-11)23(20,21)18-16(19)17-14-4-2-3-12-9-10-22-15(12)14/h2-8H,9-10H2,1H3,(H2,17,18,19). The molecule has 0 saturated heterocycles. The summed E-state index contributed by atoms with van der Waals surface area (Å²) in [6.45, 7) is 2.41. The van der Waals surface area contributed by atoms with Crippen LogP contribution in [-0.2, 0) is 16.4 Å². The van der Waals surface area contributed by atoms with Crippen molar-refractivity contribution in [3.8, 4) is 5.75 Å². The fourth-order valence-corrected chi connectivity index (χ4v) is 3.27. The maximum Gasteiger partial charge on any atom is 0.333 e. The average molecular weight is 332 g/mol. The van der Waals surface area contributed by atoms with E-state index in [4.69, 9.17) is 4.74 Å². The van der Waals surface area contributed by atoms with Crippen molar-refractivity contribution in [1.29, 1.82) is 0 Å². The number of sulfonamides is 1. The second kappa shape index (κ2) is 5.92. The molecule has 2 aromatic carbocycles. The molecule has 0 aromatic heterocycles. The summed E-state index contributed by atoms with van der Waals surface area (Å²) in [6, 6.07) is 10.8. The Morgan fingerprint density at radius 3 is 2.61 bits per heavy atom. The Kier molecular flexibility index (Phi) is 3.96. The van der Waals surface area contributed by atoms with Crippen molar-refractivity contribution >= 4 is 21.7 Å². The number of para-hydroxylation sites is 1. The highest BCUT2D eigenvalue weighted by atomic mass is 32.2. The first-order chi connectivity index (χ1) is 11.0. The van der Waals surface area contributed by atoms with Crippen molar-refractivity contribution in [2.75, 3.05) is 11.9 Å². The summed E-state index contributed by atoms with van der Waals surface area (Å²) in [6.07, 6.45) is 0.772. The van der Waals surface area contributed by atoms with Crippen LogP contribution >= 0.6 is 0 Å². The smallest absolute Gasteiger partial charge is 0.333 e. The van der Waals surface area contributed by atoms with Crippen LogP contribution in [0.3, 0.4) is 0 Å². The fourth-order valence-electron chi connectivity index (χ4n) is 2.36. The van der Waals surface area contributed by atoms with Gasteiger partial charge in [-0.2, -0.15) is 0 Å². The number of benzene rings is 2. The third-order valence-electron chi connectivity index (χ3n) is 3.52. The maximum absolute atomic E-state index is 12.2. The van der Waals surface area contributed by atoms with Crippen molar-refractivity contribution in [3.63, 3.8) is 0 Å². The first kappa shape index (κ1) is 15.4. The SMILES string of the molecule is Cc1ccc(S(=O)(=O)NC(=O)Nc2cccc3c2OCC3)cc1. The number of nitrogens with one attached hydrogen (secondary N) is 2. The van der Waals surface area contributed by atoms with Crippen LogP contribution in [0.5, 0.6) is 5.75 Å². The van der Waals surface area contributed by atoms with Gasteiger partial charge in [-0.1, -0.05) is 29.8 Å². The molecule has 6 nitrogen and oxygen atoms in total. The van der Waals surface area contributed by atoms with Crippen molar-refractivity contribution in [2.24, 2.45) is 0 Å². The van der Waals surface area contributed by atoms with Gasteiger partial charge < -0.3 is 10.1 Å². The van der Waals surface area contributed by atoms with E-state index in [1.54, 1.807) is 24.3 Å². The van der Waals surface area contributed by atoms with Crippen LogP contribution in [0.25, 0.3) is 0 Å². The van der Waals surface area contributed by atoms with Crippen LogP contribution < -0.4 is 14.8 Å². The molecule has 1 aliphatic rings. The molecule has 23 heavy (non-hydrogen) atoms. The number of hydrogen-bond acceptors (Lipinski definition) is 4. The van der Waals surface area contributed by atoms with Crippen molar-refractivity contribution in [1.82, 2.24) is 4.72 Å². The number of hydrogen-bond donors (Lipinski definition) is 2. The Hall–Kier alpha value is -2.54. The number of amides is 2. The van der Waals surface area contributed by atoms with Crippen LogP contribution in [-0.4, -0.2) is 21.1 Å². The first-order valence-corrected chi connectivity index (χ1v) is 8.59. The number of anilines is 1. The van der Waals surface area contributed by atoms with Gasteiger partial charge in [0, 0.05) is 6.42 Å². The zero-order chi connectivity index (χ0) is 16.4. The van der Waals surface area contributed by atoms with Gasteiger partial charge in [0.1, 0.15) is 5.75 Å². The molecule has 2 amide bonds. The molecule has 0 bridgehead atoms. The number of urea groups is 1. The van der Waals surface area contributed by atoms with E-state index in [1.807, 2.05) is 17.7 Å². The lowest BCUT2D eigenvalue weighted by molar-refractivity contribution is 0.256. The summed E-state index contributed by atoms with van der Waals surface area (Å²) < 4.78 is 31.8. The van der Waals surface area contributed by atoms with Gasteiger partial charge in [0.25, 0.3) is 10.0 Å².